The highest BCUT2D eigenvalue weighted by atomic mass is 14.9. The van der Waals surface area contributed by atoms with Crippen molar-refractivity contribution in [3.8, 4) is 0 Å². The van der Waals surface area contributed by atoms with Crippen LogP contribution < -0.4 is 16.8 Å². The molecule has 3 heteroatoms. The van der Waals surface area contributed by atoms with E-state index in [1.807, 2.05) is 6.07 Å². The van der Waals surface area contributed by atoms with Gasteiger partial charge in [-0.25, -0.2) is 0 Å². The van der Waals surface area contributed by atoms with Crippen LogP contribution in [0.15, 0.2) is 54.6 Å². The van der Waals surface area contributed by atoms with Crippen LogP contribution in [0.4, 0.5) is 5.69 Å². The molecule has 0 fully saturated rings. The van der Waals surface area contributed by atoms with Crippen LogP contribution in [-0.2, 0) is 6.54 Å². The van der Waals surface area contributed by atoms with Crippen molar-refractivity contribution < 1.29 is 0 Å². The molecule has 0 aromatic heterocycles. The minimum Gasteiger partial charge on any atom is -0.381 e. The summed E-state index contributed by atoms with van der Waals surface area (Å²) in [7, 11) is 0. The Bertz CT molecular complexity index is 508. The summed E-state index contributed by atoms with van der Waals surface area (Å²) in [6.45, 7) is 1.58. The van der Waals surface area contributed by atoms with Gasteiger partial charge in [0.1, 0.15) is 0 Å². The van der Waals surface area contributed by atoms with Gasteiger partial charge in [-0.05, 0) is 42.6 Å². The molecule has 5 N–H and O–H groups in total. The lowest BCUT2D eigenvalue weighted by Gasteiger charge is -2.13. The first kappa shape index (κ1) is 15.5. The molecule has 112 valence electrons. The summed E-state index contributed by atoms with van der Waals surface area (Å²) in [6, 6.07) is 18.9. The average Bonchev–Trinajstić information content (AvgIpc) is 2.54. The van der Waals surface area contributed by atoms with Crippen molar-refractivity contribution in [1.29, 1.82) is 0 Å². The lowest BCUT2D eigenvalue weighted by molar-refractivity contribution is 0.591. The third-order valence-corrected chi connectivity index (χ3v) is 3.65. The van der Waals surface area contributed by atoms with Crippen molar-refractivity contribution in [2.45, 2.75) is 31.8 Å². The molecule has 0 aliphatic rings. The molecule has 2 aromatic rings. The zero-order chi connectivity index (χ0) is 14.9. The summed E-state index contributed by atoms with van der Waals surface area (Å²) in [5.41, 5.74) is 15.3. The molecule has 0 heterocycles. The molecule has 3 nitrogen and oxygen atoms in total. The first-order valence-corrected chi connectivity index (χ1v) is 7.63. The van der Waals surface area contributed by atoms with Crippen LogP contribution in [0.25, 0.3) is 0 Å². The maximum atomic E-state index is 6.19. The molecule has 1 atom stereocenters. The highest BCUT2D eigenvalue weighted by Crippen LogP contribution is 2.19. The summed E-state index contributed by atoms with van der Waals surface area (Å²) >= 11 is 0. The number of hydrogen-bond acceptors (Lipinski definition) is 3. The van der Waals surface area contributed by atoms with E-state index in [9.17, 15) is 0 Å². The fourth-order valence-electron chi connectivity index (χ4n) is 2.32. The van der Waals surface area contributed by atoms with Gasteiger partial charge in [0.25, 0.3) is 0 Å². The fourth-order valence-corrected chi connectivity index (χ4v) is 2.32. The van der Waals surface area contributed by atoms with E-state index in [0.717, 1.165) is 38.0 Å². The Morgan fingerprint density at radius 1 is 0.905 bits per heavy atom. The number of nitrogens with two attached hydrogens (primary N) is 2. The summed E-state index contributed by atoms with van der Waals surface area (Å²) < 4.78 is 0. The van der Waals surface area contributed by atoms with Crippen molar-refractivity contribution in [1.82, 2.24) is 0 Å². The third kappa shape index (κ3) is 5.21. The van der Waals surface area contributed by atoms with Crippen LogP contribution in [0, 0.1) is 0 Å². The molecular formula is C18H25N3. The van der Waals surface area contributed by atoms with Gasteiger partial charge >= 0.3 is 0 Å². The number of unbranched alkanes of at least 4 members (excludes halogenated alkanes) is 1. The Hall–Kier alpha value is -1.84. The fraction of sp³-hybridized carbons (Fsp3) is 0.333. The smallest absolute Gasteiger partial charge is 0.0400 e. The minimum atomic E-state index is 0.111. The monoisotopic (exact) mass is 283 g/mol. The molecule has 2 aromatic carbocycles. The topological polar surface area (TPSA) is 64.1 Å². The van der Waals surface area contributed by atoms with Gasteiger partial charge in [0.15, 0.2) is 0 Å². The Morgan fingerprint density at radius 2 is 1.62 bits per heavy atom. The SMILES string of the molecule is NCCCC[C@@H](N)c1ccc(NCc2ccccc2)cc1. The first-order chi connectivity index (χ1) is 10.3. The van der Waals surface area contributed by atoms with Crippen molar-refractivity contribution in [3.63, 3.8) is 0 Å². The Morgan fingerprint density at radius 3 is 2.29 bits per heavy atom. The van der Waals surface area contributed by atoms with Crippen LogP contribution in [0.3, 0.4) is 0 Å². The van der Waals surface area contributed by atoms with Gasteiger partial charge in [0.05, 0.1) is 0 Å². The molecule has 0 amide bonds. The third-order valence-electron chi connectivity index (χ3n) is 3.65. The molecular weight excluding hydrogens is 258 g/mol. The van der Waals surface area contributed by atoms with Crippen molar-refractivity contribution in [2.24, 2.45) is 11.5 Å². The van der Waals surface area contributed by atoms with E-state index in [1.54, 1.807) is 0 Å². The van der Waals surface area contributed by atoms with E-state index in [1.165, 1.54) is 11.1 Å². The molecule has 0 aliphatic heterocycles. The van der Waals surface area contributed by atoms with E-state index in [-0.39, 0.29) is 6.04 Å². The van der Waals surface area contributed by atoms with Gasteiger partial charge in [0, 0.05) is 18.3 Å². The first-order valence-electron chi connectivity index (χ1n) is 7.63. The van der Waals surface area contributed by atoms with E-state index in [4.69, 9.17) is 11.5 Å². The quantitative estimate of drug-likeness (QED) is 0.650. The Kier molecular flexibility index (Phi) is 6.25. The number of nitrogens with one attached hydrogen (secondary N) is 1. The summed E-state index contributed by atoms with van der Waals surface area (Å²) in [5, 5.41) is 3.42. The van der Waals surface area contributed by atoms with Crippen molar-refractivity contribution in [2.75, 3.05) is 11.9 Å². The van der Waals surface area contributed by atoms with Gasteiger partial charge in [-0.15, -0.1) is 0 Å². The molecule has 21 heavy (non-hydrogen) atoms. The van der Waals surface area contributed by atoms with Crippen LogP contribution in [0.2, 0.25) is 0 Å². The predicted molar refractivity (Wildman–Crippen MR) is 90.0 cm³/mol. The zero-order valence-electron chi connectivity index (χ0n) is 12.5. The van der Waals surface area contributed by atoms with Gasteiger partial charge in [-0.3, -0.25) is 0 Å². The second-order valence-electron chi connectivity index (χ2n) is 5.35. The second kappa shape index (κ2) is 8.45. The van der Waals surface area contributed by atoms with Crippen molar-refractivity contribution >= 4 is 5.69 Å². The van der Waals surface area contributed by atoms with Gasteiger partial charge in [-0.1, -0.05) is 48.9 Å². The minimum absolute atomic E-state index is 0.111. The Labute approximate surface area is 127 Å². The number of benzene rings is 2. The van der Waals surface area contributed by atoms with E-state index in [2.05, 4.69) is 53.8 Å². The molecule has 0 bridgehead atoms. The number of rotatable bonds is 8. The lowest BCUT2D eigenvalue weighted by Crippen LogP contribution is -2.11. The summed E-state index contributed by atoms with van der Waals surface area (Å²) in [5.74, 6) is 0. The lowest BCUT2D eigenvalue weighted by atomic mass is 10.0. The molecule has 0 spiro atoms. The van der Waals surface area contributed by atoms with E-state index >= 15 is 0 Å². The van der Waals surface area contributed by atoms with Crippen LogP contribution in [0.1, 0.15) is 36.4 Å². The molecule has 0 saturated carbocycles. The van der Waals surface area contributed by atoms with Gasteiger partial charge in [0.2, 0.25) is 0 Å². The largest absolute Gasteiger partial charge is 0.381 e. The molecule has 0 radical (unpaired) electrons. The normalized spacial score (nSPS) is 12.1. The van der Waals surface area contributed by atoms with Crippen molar-refractivity contribution in [3.05, 3.63) is 65.7 Å². The zero-order valence-corrected chi connectivity index (χ0v) is 12.5. The summed E-state index contributed by atoms with van der Waals surface area (Å²) in [6.07, 6.45) is 3.13. The average molecular weight is 283 g/mol. The molecule has 0 unspecified atom stereocenters. The number of hydrogen-bond donors (Lipinski definition) is 3. The van der Waals surface area contributed by atoms with E-state index in [0.29, 0.717) is 0 Å². The van der Waals surface area contributed by atoms with Gasteiger partial charge < -0.3 is 16.8 Å². The standard InChI is InChI=1S/C18H25N3/c19-13-5-4-8-18(20)16-9-11-17(12-10-16)21-14-15-6-2-1-3-7-15/h1-3,6-7,9-12,18,21H,4-5,8,13-14,19-20H2/t18-/m1/s1. The molecule has 0 aliphatic carbocycles. The highest BCUT2D eigenvalue weighted by Gasteiger charge is 2.05. The number of anilines is 1. The van der Waals surface area contributed by atoms with Crippen LogP contribution in [-0.4, -0.2) is 6.54 Å². The maximum absolute atomic E-state index is 6.19. The van der Waals surface area contributed by atoms with Gasteiger partial charge in [-0.2, -0.15) is 0 Å². The molecule has 0 saturated heterocycles. The molecule has 2 rings (SSSR count). The second-order valence-corrected chi connectivity index (χ2v) is 5.35. The summed E-state index contributed by atoms with van der Waals surface area (Å²) in [4.78, 5) is 0. The Balaban J connectivity index is 1.84. The van der Waals surface area contributed by atoms with Crippen LogP contribution in [0.5, 0.6) is 0 Å². The van der Waals surface area contributed by atoms with E-state index < -0.39 is 0 Å². The van der Waals surface area contributed by atoms with Crippen LogP contribution >= 0.6 is 0 Å². The predicted octanol–water partition coefficient (Wildman–Crippen LogP) is 3.43. The highest BCUT2D eigenvalue weighted by molar-refractivity contribution is 5.45. The maximum Gasteiger partial charge on any atom is 0.0400 e.